The molecule has 20 heavy (non-hydrogen) atoms. The number of aryl methyl sites for hydroxylation is 2. The molecule has 0 aliphatic carbocycles. The highest BCUT2D eigenvalue weighted by Gasteiger charge is 2.20. The van der Waals surface area contributed by atoms with Gasteiger partial charge in [-0.05, 0) is 33.0 Å². The Labute approximate surface area is 126 Å². The lowest BCUT2D eigenvalue weighted by Gasteiger charge is -2.36. The van der Waals surface area contributed by atoms with Crippen LogP contribution < -0.4 is 5.32 Å². The summed E-state index contributed by atoms with van der Waals surface area (Å²) in [7, 11) is 2.01. The van der Waals surface area contributed by atoms with E-state index >= 15 is 0 Å². The first-order chi connectivity index (χ1) is 9.52. The summed E-state index contributed by atoms with van der Waals surface area (Å²) in [5.41, 5.74) is 3.79. The first-order valence-electron chi connectivity index (χ1n) is 7.27. The Morgan fingerprint density at radius 3 is 2.40 bits per heavy atom. The maximum atomic E-state index is 5.37. The van der Waals surface area contributed by atoms with Crippen LogP contribution in [0.25, 0.3) is 0 Å². The lowest BCUT2D eigenvalue weighted by atomic mass is 10.1. The first kappa shape index (κ1) is 15.3. The molecule has 0 unspecified atom stereocenters. The largest absolute Gasteiger partial charge is 0.363 e. The zero-order chi connectivity index (χ0) is 14.7. The average molecular weight is 295 g/mol. The highest BCUT2D eigenvalue weighted by atomic mass is 32.1. The first-order valence-corrected chi connectivity index (χ1v) is 7.68. The van der Waals surface area contributed by atoms with Crippen LogP contribution in [0.1, 0.15) is 23.9 Å². The van der Waals surface area contributed by atoms with E-state index in [0.717, 1.165) is 50.1 Å². The number of aromatic nitrogens is 2. The van der Waals surface area contributed by atoms with Gasteiger partial charge in [0.15, 0.2) is 5.11 Å². The molecule has 2 rings (SSSR count). The van der Waals surface area contributed by atoms with E-state index < -0.39 is 0 Å². The van der Waals surface area contributed by atoms with E-state index in [1.165, 1.54) is 11.3 Å². The van der Waals surface area contributed by atoms with Gasteiger partial charge in [-0.3, -0.25) is 9.58 Å². The smallest absolute Gasteiger partial charge is 0.169 e. The summed E-state index contributed by atoms with van der Waals surface area (Å²) in [6.45, 7) is 12.3. The molecule has 1 N–H and O–H groups in total. The second-order valence-electron chi connectivity index (χ2n) is 5.37. The average Bonchev–Trinajstić information content (AvgIpc) is 2.66. The number of nitrogens with zero attached hydrogens (tertiary/aromatic N) is 4. The molecule has 0 saturated carbocycles. The maximum absolute atomic E-state index is 5.37. The Morgan fingerprint density at radius 1 is 1.25 bits per heavy atom. The molecule has 1 aromatic rings. The van der Waals surface area contributed by atoms with Gasteiger partial charge in [-0.15, -0.1) is 0 Å². The molecule has 1 aliphatic rings. The zero-order valence-electron chi connectivity index (χ0n) is 12.9. The molecule has 112 valence electrons. The minimum Gasteiger partial charge on any atom is -0.363 e. The maximum Gasteiger partial charge on any atom is 0.169 e. The Kier molecular flexibility index (Phi) is 4.99. The third kappa shape index (κ3) is 3.30. The summed E-state index contributed by atoms with van der Waals surface area (Å²) < 4.78 is 1.97. The third-order valence-corrected chi connectivity index (χ3v) is 4.43. The van der Waals surface area contributed by atoms with E-state index in [2.05, 4.69) is 41.0 Å². The molecule has 1 aliphatic heterocycles. The number of piperazine rings is 1. The fraction of sp³-hybridized carbons (Fsp3) is 0.714. The Balaban J connectivity index is 1.90. The highest BCUT2D eigenvalue weighted by molar-refractivity contribution is 7.80. The van der Waals surface area contributed by atoms with Crippen LogP contribution in [0.15, 0.2) is 0 Å². The lowest BCUT2D eigenvalue weighted by molar-refractivity contribution is 0.174. The Hall–Kier alpha value is -1.14. The summed E-state index contributed by atoms with van der Waals surface area (Å²) in [6.07, 6.45) is 0. The second kappa shape index (κ2) is 6.54. The van der Waals surface area contributed by atoms with Crippen molar-refractivity contribution in [2.24, 2.45) is 7.05 Å². The van der Waals surface area contributed by atoms with Crippen molar-refractivity contribution in [1.82, 2.24) is 24.9 Å². The summed E-state index contributed by atoms with van der Waals surface area (Å²) in [5, 5.41) is 8.61. The second-order valence-corrected chi connectivity index (χ2v) is 5.76. The Morgan fingerprint density at radius 2 is 1.90 bits per heavy atom. The molecule has 0 amide bonds. The van der Waals surface area contributed by atoms with Crippen LogP contribution in [0.2, 0.25) is 0 Å². The van der Waals surface area contributed by atoms with Crippen molar-refractivity contribution in [3.8, 4) is 0 Å². The molecule has 6 heteroatoms. The molecule has 5 nitrogen and oxygen atoms in total. The van der Waals surface area contributed by atoms with E-state index in [-0.39, 0.29) is 0 Å². The van der Waals surface area contributed by atoms with Crippen molar-refractivity contribution in [1.29, 1.82) is 0 Å². The highest BCUT2D eigenvalue weighted by Crippen LogP contribution is 2.16. The van der Waals surface area contributed by atoms with Crippen LogP contribution in [0.4, 0.5) is 0 Å². The van der Waals surface area contributed by atoms with Crippen LogP contribution in [0.3, 0.4) is 0 Å². The lowest BCUT2D eigenvalue weighted by Crippen LogP contribution is -2.51. The van der Waals surface area contributed by atoms with Crippen LogP contribution in [-0.4, -0.2) is 57.4 Å². The standard InChI is InChI=1S/C14H25N5S/c1-5-15-14(20)19-8-6-18(7-9-19)10-13-11(2)16-17(4)12(13)3/h5-10H2,1-4H3,(H,15,20). The summed E-state index contributed by atoms with van der Waals surface area (Å²) >= 11 is 5.37. The predicted octanol–water partition coefficient (Wildman–Crippen LogP) is 1.05. The molecule has 0 radical (unpaired) electrons. The minimum absolute atomic E-state index is 0.890. The summed E-state index contributed by atoms with van der Waals surface area (Å²) in [4.78, 5) is 4.75. The quantitative estimate of drug-likeness (QED) is 0.844. The molecule has 0 atom stereocenters. The van der Waals surface area contributed by atoms with Crippen molar-refractivity contribution < 1.29 is 0 Å². The van der Waals surface area contributed by atoms with Gasteiger partial charge in [0.25, 0.3) is 0 Å². The number of thiocarbonyl (C=S) groups is 1. The van der Waals surface area contributed by atoms with E-state index in [9.17, 15) is 0 Å². The molecule has 0 spiro atoms. The van der Waals surface area contributed by atoms with Gasteiger partial charge in [0.05, 0.1) is 5.69 Å². The van der Waals surface area contributed by atoms with Crippen LogP contribution in [0.5, 0.6) is 0 Å². The number of rotatable bonds is 3. The van der Waals surface area contributed by atoms with Crippen LogP contribution in [0, 0.1) is 13.8 Å². The molecule has 2 heterocycles. The third-order valence-electron chi connectivity index (χ3n) is 4.03. The Bertz CT molecular complexity index is 474. The van der Waals surface area contributed by atoms with E-state index in [1.54, 1.807) is 0 Å². The molecule has 1 aromatic heterocycles. The molecular weight excluding hydrogens is 270 g/mol. The fourth-order valence-corrected chi connectivity index (χ4v) is 2.97. The number of hydrogen-bond donors (Lipinski definition) is 1. The van der Waals surface area contributed by atoms with Gasteiger partial charge in [0.1, 0.15) is 0 Å². The van der Waals surface area contributed by atoms with Crippen LogP contribution >= 0.6 is 12.2 Å². The van der Waals surface area contributed by atoms with Gasteiger partial charge in [-0.25, -0.2) is 0 Å². The van der Waals surface area contributed by atoms with Crippen molar-refractivity contribution >= 4 is 17.3 Å². The SMILES string of the molecule is CCNC(=S)N1CCN(Cc2c(C)nn(C)c2C)CC1. The molecule has 1 fully saturated rings. The van der Waals surface area contributed by atoms with Gasteiger partial charge in [-0.2, -0.15) is 5.10 Å². The molecule has 1 saturated heterocycles. The minimum atomic E-state index is 0.890. The van der Waals surface area contributed by atoms with Crippen molar-refractivity contribution in [3.63, 3.8) is 0 Å². The molecular formula is C14H25N5S. The van der Waals surface area contributed by atoms with Gasteiger partial charge in [-0.1, -0.05) is 0 Å². The summed E-state index contributed by atoms with van der Waals surface area (Å²) in [6, 6.07) is 0. The topological polar surface area (TPSA) is 36.3 Å². The van der Waals surface area contributed by atoms with Crippen LogP contribution in [-0.2, 0) is 13.6 Å². The molecule has 0 aromatic carbocycles. The number of hydrogen-bond acceptors (Lipinski definition) is 3. The van der Waals surface area contributed by atoms with Crippen molar-refractivity contribution in [2.45, 2.75) is 27.3 Å². The predicted molar refractivity (Wildman–Crippen MR) is 85.8 cm³/mol. The van der Waals surface area contributed by atoms with E-state index in [0.29, 0.717) is 0 Å². The summed E-state index contributed by atoms with van der Waals surface area (Å²) in [5.74, 6) is 0. The molecule has 0 bridgehead atoms. The van der Waals surface area contributed by atoms with Gasteiger partial charge in [0, 0.05) is 57.6 Å². The van der Waals surface area contributed by atoms with E-state index in [1.807, 2.05) is 11.7 Å². The van der Waals surface area contributed by atoms with Crippen molar-refractivity contribution in [2.75, 3.05) is 32.7 Å². The van der Waals surface area contributed by atoms with E-state index in [4.69, 9.17) is 12.2 Å². The zero-order valence-corrected chi connectivity index (χ0v) is 13.8. The normalized spacial score (nSPS) is 16.5. The van der Waals surface area contributed by atoms with Gasteiger partial charge >= 0.3 is 0 Å². The monoisotopic (exact) mass is 295 g/mol. The number of nitrogens with one attached hydrogen (secondary N) is 1. The van der Waals surface area contributed by atoms with Gasteiger partial charge in [0.2, 0.25) is 0 Å². The van der Waals surface area contributed by atoms with Crippen molar-refractivity contribution in [3.05, 3.63) is 17.0 Å². The van der Waals surface area contributed by atoms with Gasteiger partial charge < -0.3 is 10.2 Å². The fourth-order valence-electron chi connectivity index (χ4n) is 2.64.